The Hall–Kier alpha value is -1.29. The molecule has 1 aliphatic rings. The number of carbonyl (C=O) groups is 1. The van der Waals surface area contributed by atoms with Gasteiger partial charge in [-0.05, 0) is 32.4 Å². The van der Waals surface area contributed by atoms with Crippen LogP contribution in [0.4, 0.5) is 8.78 Å². The fourth-order valence-electron chi connectivity index (χ4n) is 2.56. The van der Waals surface area contributed by atoms with Crippen LogP contribution in [0.5, 0.6) is 0 Å². The third kappa shape index (κ3) is 2.93. The Labute approximate surface area is 106 Å². The van der Waals surface area contributed by atoms with E-state index in [1.165, 1.54) is 6.07 Å². The number of hydrogen-bond donors (Lipinski definition) is 0. The average molecular weight is 253 g/mol. The fraction of sp³-hybridized carbons (Fsp3) is 0.500. The van der Waals surface area contributed by atoms with Gasteiger partial charge in [0.25, 0.3) is 0 Å². The molecule has 1 aliphatic heterocycles. The Kier molecular flexibility index (Phi) is 4.07. The number of benzene rings is 1. The number of carbonyl (C=O) groups excluding carboxylic acids is 1. The highest BCUT2D eigenvalue weighted by Crippen LogP contribution is 2.24. The van der Waals surface area contributed by atoms with Crippen LogP contribution in [0, 0.1) is 11.6 Å². The Morgan fingerprint density at radius 2 is 2.22 bits per heavy atom. The summed E-state index contributed by atoms with van der Waals surface area (Å²) in [6.07, 6.45) is 2.46. The van der Waals surface area contributed by atoms with Crippen molar-refractivity contribution in [2.45, 2.75) is 38.8 Å². The zero-order valence-corrected chi connectivity index (χ0v) is 10.5. The lowest BCUT2D eigenvalue weighted by Crippen LogP contribution is -2.30. The van der Waals surface area contributed by atoms with Gasteiger partial charge in [-0.15, -0.1) is 0 Å². The SMILES string of the molecule is CC(=O)CC1CCCN1Cc1cccc(F)c1F. The van der Waals surface area contributed by atoms with Crippen molar-refractivity contribution in [2.75, 3.05) is 6.54 Å². The Morgan fingerprint density at radius 3 is 2.94 bits per heavy atom. The fourth-order valence-corrected chi connectivity index (χ4v) is 2.56. The lowest BCUT2D eigenvalue weighted by atomic mass is 10.1. The number of Topliss-reactive ketones (excluding diaryl/α,β-unsaturated/α-hetero) is 1. The van der Waals surface area contributed by atoms with Crippen LogP contribution in [0.25, 0.3) is 0 Å². The van der Waals surface area contributed by atoms with Crippen molar-refractivity contribution < 1.29 is 13.6 Å². The molecule has 98 valence electrons. The van der Waals surface area contributed by atoms with Gasteiger partial charge in [-0.25, -0.2) is 8.78 Å². The lowest BCUT2D eigenvalue weighted by Gasteiger charge is -2.23. The number of ketones is 1. The minimum atomic E-state index is -0.810. The molecule has 0 radical (unpaired) electrons. The quantitative estimate of drug-likeness (QED) is 0.822. The maximum Gasteiger partial charge on any atom is 0.163 e. The summed E-state index contributed by atoms with van der Waals surface area (Å²) in [6, 6.07) is 4.41. The van der Waals surface area contributed by atoms with Crippen LogP contribution >= 0.6 is 0 Å². The van der Waals surface area contributed by atoms with Gasteiger partial charge in [-0.1, -0.05) is 12.1 Å². The molecule has 0 amide bonds. The topological polar surface area (TPSA) is 20.3 Å². The molecule has 0 aromatic heterocycles. The summed E-state index contributed by atoms with van der Waals surface area (Å²) >= 11 is 0. The second-order valence-corrected chi connectivity index (χ2v) is 4.89. The number of hydrogen-bond acceptors (Lipinski definition) is 2. The predicted octanol–water partition coefficient (Wildman–Crippen LogP) is 2.91. The first-order valence-corrected chi connectivity index (χ1v) is 6.24. The zero-order valence-electron chi connectivity index (χ0n) is 10.5. The van der Waals surface area contributed by atoms with Crippen molar-refractivity contribution in [3.8, 4) is 0 Å². The molecule has 4 heteroatoms. The Morgan fingerprint density at radius 1 is 1.44 bits per heavy atom. The van der Waals surface area contributed by atoms with E-state index >= 15 is 0 Å². The highest BCUT2D eigenvalue weighted by atomic mass is 19.2. The van der Waals surface area contributed by atoms with E-state index in [2.05, 4.69) is 4.90 Å². The summed E-state index contributed by atoms with van der Waals surface area (Å²) in [6.45, 7) is 2.79. The highest BCUT2D eigenvalue weighted by molar-refractivity contribution is 5.76. The van der Waals surface area contributed by atoms with Crippen molar-refractivity contribution in [2.24, 2.45) is 0 Å². The third-order valence-electron chi connectivity index (χ3n) is 3.43. The number of rotatable bonds is 4. The van der Waals surface area contributed by atoms with Crippen molar-refractivity contribution in [3.05, 3.63) is 35.4 Å². The Balaban J connectivity index is 2.08. The summed E-state index contributed by atoms with van der Waals surface area (Å²) in [5.41, 5.74) is 0.366. The maximum absolute atomic E-state index is 13.6. The smallest absolute Gasteiger partial charge is 0.163 e. The molecule has 0 spiro atoms. The van der Waals surface area contributed by atoms with E-state index in [0.717, 1.165) is 25.5 Å². The average Bonchev–Trinajstić information content (AvgIpc) is 2.72. The van der Waals surface area contributed by atoms with Gasteiger partial charge in [0, 0.05) is 24.6 Å². The summed E-state index contributed by atoms with van der Waals surface area (Å²) in [4.78, 5) is 13.2. The third-order valence-corrected chi connectivity index (χ3v) is 3.43. The van der Waals surface area contributed by atoms with Crippen molar-refractivity contribution in [1.82, 2.24) is 4.90 Å². The van der Waals surface area contributed by atoms with Crippen LogP contribution in [0.1, 0.15) is 31.7 Å². The molecule has 2 rings (SSSR count). The summed E-state index contributed by atoms with van der Waals surface area (Å²) in [5.74, 6) is -1.44. The maximum atomic E-state index is 13.6. The number of nitrogens with zero attached hydrogens (tertiary/aromatic N) is 1. The molecule has 1 atom stereocenters. The molecule has 0 saturated carbocycles. The van der Waals surface area contributed by atoms with Crippen molar-refractivity contribution in [1.29, 1.82) is 0 Å². The van der Waals surface area contributed by atoms with E-state index in [0.29, 0.717) is 18.5 Å². The van der Waals surface area contributed by atoms with Gasteiger partial charge in [0.2, 0.25) is 0 Å². The highest BCUT2D eigenvalue weighted by Gasteiger charge is 2.26. The van der Waals surface area contributed by atoms with Gasteiger partial charge in [0.1, 0.15) is 5.78 Å². The van der Waals surface area contributed by atoms with Crippen molar-refractivity contribution in [3.63, 3.8) is 0 Å². The predicted molar refractivity (Wildman–Crippen MR) is 65.1 cm³/mol. The van der Waals surface area contributed by atoms with E-state index in [1.807, 2.05) is 0 Å². The molecular weight excluding hydrogens is 236 g/mol. The Bertz CT molecular complexity index is 447. The van der Waals surface area contributed by atoms with Crippen LogP contribution in [0.3, 0.4) is 0 Å². The minimum absolute atomic E-state index is 0.145. The number of halogens is 2. The largest absolute Gasteiger partial charge is 0.300 e. The number of likely N-dealkylation sites (tertiary alicyclic amines) is 1. The molecule has 1 aromatic carbocycles. The molecule has 1 heterocycles. The molecule has 0 aliphatic carbocycles. The first-order chi connectivity index (χ1) is 8.58. The first-order valence-electron chi connectivity index (χ1n) is 6.24. The van der Waals surface area contributed by atoms with Gasteiger partial charge in [0.15, 0.2) is 11.6 Å². The van der Waals surface area contributed by atoms with Gasteiger partial charge < -0.3 is 0 Å². The lowest BCUT2D eigenvalue weighted by molar-refractivity contribution is -0.118. The van der Waals surface area contributed by atoms with Crippen LogP contribution < -0.4 is 0 Å². The standard InChI is InChI=1S/C14H17F2NO/c1-10(18)8-12-5-3-7-17(12)9-11-4-2-6-13(15)14(11)16/h2,4,6,12H,3,5,7-9H2,1H3. The summed E-state index contributed by atoms with van der Waals surface area (Å²) in [7, 11) is 0. The first kappa shape index (κ1) is 13.1. The summed E-state index contributed by atoms with van der Waals surface area (Å²) in [5, 5.41) is 0. The minimum Gasteiger partial charge on any atom is -0.300 e. The van der Waals surface area contributed by atoms with E-state index < -0.39 is 11.6 Å². The van der Waals surface area contributed by atoms with E-state index in [1.54, 1.807) is 13.0 Å². The van der Waals surface area contributed by atoms with Gasteiger partial charge in [0.05, 0.1) is 0 Å². The van der Waals surface area contributed by atoms with Crippen LogP contribution in [0.2, 0.25) is 0 Å². The monoisotopic (exact) mass is 253 g/mol. The van der Waals surface area contributed by atoms with E-state index in [-0.39, 0.29) is 11.8 Å². The van der Waals surface area contributed by atoms with Gasteiger partial charge in [-0.3, -0.25) is 9.69 Å². The second kappa shape index (κ2) is 5.57. The van der Waals surface area contributed by atoms with E-state index in [9.17, 15) is 13.6 Å². The van der Waals surface area contributed by atoms with Gasteiger partial charge in [-0.2, -0.15) is 0 Å². The molecular formula is C14H17F2NO. The molecule has 1 unspecified atom stereocenters. The summed E-state index contributed by atoms with van der Waals surface area (Å²) < 4.78 is 26.7. The molecule has 1 fully saturated rings. The molecule has 0 bridgehead atoms. The molecule has 1 saturated heterocycles. The zero-order chi connectivity index (χ0) is 13.1. The second-order valence-electron chi connectivity index (χ2n) is 4.89. The van der Waals surface area contributed by atoms with Crippen LogP contribution in [0.15, 0.2) is 18.2 Å². The van der Waals surface area contributed by atoms with Crippen molar-refractivity contribution >= 4 is 5.78 Å². The molecule has 1 aromatic rings. The normalized spacial score (nSPS) is 20.3. The van der Waals surface area contributed by atoms with Crippen LogP contribution in [-0.4, -0.2) is 23.3 Å². The molecule has 18 heavy (non-hydrogen) atoms. The molecule has 2 nitrogen and oxygen atoms in total. The van der Waals surface area contributed by atoms with E-state index in [4.69, 9.17) is 0 Å². The van der Waals surface area contributed by atoms with Crippen LogP contribution in [-0.2, 0) is 11.3 Å². The van der Waals surface area contributed by atoms with Gasteiger partial charge >= 0.3 is 0 Å². The molecule has 0 N–H and O–H groups in total.